The molecule has 1 amide bonds. The number of halogens is 2. The Morgan fingerprint density at radius 2 is 2.09 bits per heavy atom. The summed E-state index contributed by atoms with van der Waals surface area (Å²) < 4.78 is 31.2. The van der Waals surface area contributed by atoms with Gasteiger partial charge in [0.1, 0.15) is 6.61 Å². The molecule has 2 N–H and O–H groups in total. The van der Waals surface area contributed by atoms with Gasteiger partial charge in [-0.3, -0.25) is 4.79 Å². The Morgan fingerprint density at radius 3 is 2.82 bits per heavy atom. The van der Waals surface area contributed by atoms with E-state index in [2.05, 4.69) is 4.90 Å². The number of hydrogen-bond donors (Lipinski definition) is 1. The fourth-order valence-corrected chi connectivity index (χ4v) is 4.48. The third kappa shape index (κ3) is 4.71. The molecule has 2 heterocycles. The Labute approximate surface area is 203 Å². The summed E-state index contributed by atoms with van der Waals surface area (Å²) in [6.45, 7) is 2.01. The predicted molar refractivity (Wildman–Crippen MR) is 131 cm³/mol. The molecule has 1 aliphatic carbocycles. The van der Waals surface area contributed by atoms with Crippen LogP contribution in [-0.2, 0) is 6.42 Å². The van der Waals surface area contributed by atoms with Gasteiger partial charge in [-0.25, -0.2) is 4.39 Å². The van der Waals surface area contributed by atoms with Crippen molar-refractivity contribution in [2.75, 3.05) is 26.8 Å². The molecule has 2 aliphatic rings. The first-order valence-electron chi connectivity index (χ1n) is 11.3. The number of para-hydroxylation sites is 1. The van der Waals surface area contributed by atoms with E-state index in [1.165, 1.54) is 25.0 Å². The van der Waals surface area contributed by atoms with Gasteiger partial charge in [0, 0.05) is 24.0 Å². The first-order valence-corrected chi connectivity index (χ1v) is 11.3. The largest absolute Gasteiger partial charge is 0.493 e. The molecular weight excluding hydrogens is 459 g/mol. The molecule has 0 unspecified atom stereocenters. The molecule has 1 saturated carbocycles. The predicted octanol–water partition coefficient (Wildman–Crippen LogP) is 5.18. The zero-order valence-electron chi connectivity index (χ0n) is 19.0. The third-order valence-electron chi connectivity index (χ3n) is 6.41. The number of nitrogens with two attached hydrogens (primary N) is 1. The Kier molecular flexibility index (Phi) is 7.03. The minimum absolute atomic E-state index is 0. The number of carbonyl (C=O) groups excluding carboxylic acids is 1. The molecule has 5 rings (SSSR count). The van der Waals surface area contributed by atoms with Crippen LogP contribution in [0.3, 0.4) is 0 Å². The molecule has 0 saturated heterocycles. The van der Waals surface area contributed by atoms with Crippen LogP contribution >= 0.6 is 12.4 Å². The maximum absolute atomic E-state index is 14.3. The minimum atomic E-state index is -0.594. The van der Waals surface area contributed by atoms with Gasteiger partial charge in [0.2, 0.25) is 5.91 Å². The summed E-state index contributed by atoms with van der Waals surface area (Å²) in [5.74, 6) is 0.411. The lowest BCUT2D eigenvalue weighted by Gasteiger charge is -2.31. The molecule has 0 radical (unpaired) electrons. The van der Waals surface area contributed by atoms with Crippen LogP contribution in [0.25, 0.3) is 17.0 Å². The quantitative estimate of drug-likeness (QED) is 0.451. The van der Waals surface area contributed by atoms with Gasteiger partial charge < -0.3 is 24.5 Å². The number of carbonyl (C=O) groups is 1. The topological polar surface area (TPSA) is 77.9 Å². The highest BCUT2D eigenvalue weighted by atomic mass is 35.5. The second-order valence-corrected chi connectivity index (χ2v) is 8.72. The highest BCUT2D eigenvalue weighted by Crippen LogP contribution is 2.36. The van der Waals surface area contributed by atoms with Gasteiger partial charge in [-0.15, -0.1) is 12.4 Å². The number of aryl methyl sites for hydroxylation is 1. The van der Waals surface area contributed by atoms with E-state index in [-0.39, 0.29) is 30.3 Å². The van der Waals surface area contributed by atoms with Crippen LogP contribution in [0.15, 0.2) is 46.7 Å². The fraction of sp³-hybridized carbons (Fsp3) is 0.346. The van der Waals surface area contributed by atoms with Crippen LogP contribution in [0.5, 0.6) is 11.5 Å². The summed E-state index contributed by atoms with van der Waals surface area (Å²) >= 11 is 0. The third-order valence-corrected chi connectivity index (χ3v) is 6.41. The average Bonchev–Trinajstić information content (AvgIpc) is 3.55. The lowest BCUT2D eigenvalue weighted by atomic mass is 10.0. The summed E-state index contributed by atoms with van der Waals surface area (Å²) in [6.07, 6.45) is 7.87. The molecule has 3 aromatic rings. The van der Waals surface area contributed by atoms with Crippen molar-refractivity contribution in [2.45, 2.75) is 25.7 Å². The van der Waals surface area contributed by atoms with Crippen LogP contribution in [0.1, 0.15) is 40.7 Å². The summed E-state index contributed by atoms with van der Waals surface area (Å²) in [7, 11) is 1.64. The van der Waals surface area contributed by atoms with E-state index in [0.717, 1.165) is 53.9 Å². The van der Waals surface area contributed by atoms with Crippen molar-refractivity contribution in [3.63, 3.8) is 0 Å². The van der Waals surface area contributed by atoms with Gasteiger partial charge in [0.25, 0.3) is 0 Å². The number of methoxy groups -OCH3 is 1. The Balaban J connectivity index is 0.00000274. The number of benzene rings is 2. The summed E-state index contributed by atoms with van der Waals surface area (Å²) in [5, 5.41) is 1.07. The van der Waals surface area contributed by atoms with Crippen molar-refractivity contribution in [1.82, 2.24) is 4.90 Å². The molecular formula is C26H28ClFN2O4. The van der Waals surface area contributed by atoms with E-state index in [1.54, 1.807) is 13.4 Å². The second kappa shape index (κ2) is 9.97. The maximum atomic E-state index is 14.3. The monoisotopic (exact) mass is 486 g/mol. The summed E-state index contributed by atoms with van der Waals surface area (Å²) in [5.41, 5.74) is 9.08. The van der Waals surface area contributed by atoms with E-state index >= 15 is 0 Å². The van der Waals surface area contributed by atoms with Crippen LogP contribution < -0.4 is 15.2 Å². The molecule has 8 heteroatoms. The van der Waals surface area contributed by atoms with Crippen molar-refractivity contribution < 1.29 is 23.1 Å². The van der Waals surface area contributed by atoms with E-state index < -0.39 is 11.7 Å². The first kappa shape index (κ1) is 24.0. The number of rotatable bonds is 9. The summed E-state index contributed by atoms with van der Waals surface area (Å²) in [4.78, 5) is 14.2. The molecule has 1 aliphatic heterocycles. The van der Waals surface area contributed by atoms with Crippen molar-refractivity contribution in [3.05, 3.63) is 64.8 Å². The lowest BCUT2D eigenvalue weighted by molar-refractivity contribution is 0.0999. The maximum Gasteiger partial charge on any atom is 0.249 e. The van der Waals surface area contributed by atoms with Gasteiger partial charge in [0.15, 0.2) is 22.9 Å². The lowest BCUT2D eigenvalue weighted by Crippen LogP contribution is -2.31. The number of nitrogens with zero attached hydrogens (tertiary/aromatic N) is 1. The smallest absolute Gasteiger partial charge is 0.249 e. The molecule has 0 atom stereocenters. The molecule has 0 bridgehead atoms. The van der Waals surface area contributed by atoms with Crippen LogP contribution in [0.2, 0.25) is 0 Å². The molecule has 1 aromatic heterocycles. The highest BCUT2D eigenvalue weighted by Gasteiger charge is 2.28. The SMILES string of the molecule is COc1cccc2c(CCCN(CC3CC3)C3=Cc4c(C(N)=O)ccc(F)c4OC3)coc12.Cl. The Bertz CT molecular complexity index is 1240. The van der Waals surface area contributed by atoms with E-state index in [9.17, 15) is 9.18 Å². The fourth-order valence-electron chi connectivity index (χ4n) is 4.48. The Morgan fingerprint density at radius 1 is 1.26 bits per heavy atom. The zero-order chi connectivity index (χ0) is 22.9. The van der Waals surface area contributed by atoms with Gasteiger partial charge in [-0.05, 0) is 61.4 Å². The number of amides is 1. The number of hydrogen-bond acceptors (Lipinski definition) is 5. The van der Waals surface area contributed by atoms with Crippen molar-refractivity contribution >= 4 is 35.4 Å². The number of ether oxygens (including phenoxy) is 2. The van der Waals surface area contributed by atoms with Crippen LogP contribution in [-0.4, -0.2) is 37.6 Å². The minimum Gasteiger partial charge on any atom is -0.493 e. The average molecular weight is 487 g/mol. The number of fused-ring (bicyclic) bond motifs is 2. The van der Waals surface area contributed by atoms with Crippen molar-refractivity contribution in [2.24, 2.45) is 11.7 Å². The molecule has 1 fully saturated rings. The van der Waals surface area contributed by atoms with Crippen molar-refractivity contribution in [3.8, 4) is 11.5 Å². The second-order valence-electron chi connectivity index (χ2n) is 8.72. The van der Waals surface area contributed by atoms with Crippen molar-refractivity contribution in [1.29, 1.82) is 0 Å². The molecule has 34 heavy (non-hydrogen) atoms. The molecule has 180 valence electrons. The number of furan rings is 1. The van der Waals surface area contributed by atoms with E-state index in [4.69, 9.17) is 19.6 Å². The first-order chi connectivity index (χ1) is 16.0. The van der Waals surface area contributed by atoms with Crippen LogP contribution in [0.4, 0.5) is 4.39 Å². The standard InChI is InChI=1S/C26H27FN2O4.ClH/c1-31-23-6-2-5-19-17(14-32-25(19)23)4-3-11-29(13-16-7-8-16)18-12-21-20(26(28)30)9-10-22(27)24(21)33-15-18;/h2,5-6,9-10,12,14,16H,3-4,7-8,11,13,15H2,1H3,(H2,28,30);1H. The Hall–Kier alpha value is -3.19. The van der Waals surface area contributed by atoms with E-state index in [0.29, 0.717) is 11.5 Å². The van der Waals surface area contributed by atoms with Crippen LogP contribution in [0, 0.1) is 11.7 Å². The van der Waals surface area contributed by atoms with Gasteiger partial charge >= 0.3 is 0 Å². The number of primary amides is 1. The van der Waals surface area contributed by atoms with Gasteiger partial charge in [0.05, 0.1) is 24.6 Å². The van der Waals surface area contributed by atoms with Gasteiger partial charge in [-0.1, -0.05) is 12.1 Å². The molecule has 6 nitrogen and oxygen atoms in total. The normalized spacial score (nSPS) is 14.6. The highest BCUT2D eigenvalue weighted by molar-refractivity contribution is 5.98. The summed E-state index contributed by atoms with van der Waals surface area (Å²) in [6, 6.07) is 8.56. The molecule has 2 aromatic carbocycles. The zero-order valence-corrected chi connectivity index (χ0v) is 19.8. The molecule has 0 spiro atoms. The van der Waals surface area contributed by atoms with E-state index in [1.807, 2.05) is 24.3 Å². The van der Waals surface area contributed by atoms with Gasteiger partial charge in [-0.2, -0.15) is 0 Å².